The van der Waals surface area contributed by atoms with Crippen molar-refractivity contribution in [2.45, 2.75) is 13.5 Å². The molecule has 1 fully saturated rings. The van der Waals surface area contributed by atoms with Crippen molar-refractivity contribution in [1.82, 2.24) is 4.90 Å². The Labute approximate surface area is 132 Å². The fourth-order valence-corrected chi connectivity index (χ4v) is 2.95. The lowest BCUT2D eigenvalue weighted by Gasteiger charge is -2.36. The zero-order valence-electron chi connectivity index (χ0n) is 13.0. The van der Waals surface area contributed by atoms with Gasteiger partial charge in [0.1, 0.15) is 0 Å². The van der Waals surface area contributed by atoms with Gasteiger partial charge in [-0.15, -0.1) is 0 Å². The summed E-state index contributed by atoms with van der Waals surface area (Å²) in [4.78, 5) is 16.4. The molecule has 0 bridgehead atoms. The van der Waals surface area contributed by atoms with Gasteiger partial charge in [0, 0.05) is 44.0 Å². The van der Waals surface area contributed by atoms with Crippen molar-refractivity contribution in [3.8, 4) is 0 Å². The highest BCUT2D eigenvalue weighted by atomic mass is 16.1. The first-order chi connectivity index (χ1) is 10.7. The van der Waals surface area contributed by atoms with Gasteiger partial charge in [0.05, 0.1) is 0 Å². The van der Waals surface area contributed by atoms with Crippen LogP contribution in [0.15, 0.2) is 54.6 Å². The lowest BCUT2D eigenvalue weighted by Crippen LogP contribution is -2.45. The summed E-state index contributed by atoms with van der Waals surface area (Å²) in [5.41, 5.74) is 3.34. The van der Waals surface area contributed by atoms with Gasteiger partial charge >= 0.3 is 0 Å². The van der Waals surface area contributed by atoms with Crippen molar-refractivity contribution in [2.75, 3.05) is 31.1 Å². The van der Waals surface area contributed by atoms with Crippen LogP contribution in [0.3, 0.4) is 0 Å². The molecule has 3 rings (SSSR count). The molecule has 0 radical (unpaired) electrons. The number of hydrogen-bond donors (Lipinski definition) is 0. The zero-order valence-corrected chi connectivity index (χ0v) is 13.0. The minimum atomic E-state index is 0.135. The zero-order chi connectivity index (χ0) is 15.4. The summed E-state index contributed by atoms with van der Waals surface area (Å²) >= 11 is 0. The fourth-order valence-electron chi connectivity index (χ4n) is 2.95. The van der Waals surface area contributed by atoms with Crippen molar-refractivity contribution in [2.24, 2.45) is 0 Å². The number of benzene rings is 2. The lowest BCUT2D eigenvalue weighted by atomic mass is 10.1. The molecular formula is C19H22N2O. The number of rotatable bonds is 4. The summed E-state index contributed by atoms with van der Waals surface area (Å²) in [5.74, 6) is 0.135. The molecule has 0 spiro atoms. The van der Waals surface area contributed by atoms with E-state index in [4.69, 9.17) is 0 Å². The number of para-hydroxylation sites is 1. The molecule has 2 aromatic carbocycles. The molecule has 0 saturated carbocycles. The molecule has 1 aliphatic rings. The maximum Gasteiger partial charge on any atom is 0.159 e. The number of carbonyl (C=O) groups excluding carboxylic acids is 1. The number of ketones is 1. The Morgan fingerprint density at radius 1 is 0.955 bits per heavy atom. The second-order valence-electron chi connectivity index (χ2n) is 5.86. The van der Waals surface area contributed by atoms with Crippen molar-refractivity contribution in [3.63, 3.8) is 0 Å². The highest BCUT2D eigenvalue weighted by Gasteiger charge is 2.17. The van der Waals surface area contributed by atoms with Crippen LogP contribution in [-0.2, 0) is 6.54 Å². The molecular weight excluding hydrogens is 272 g/mol. The van der Waals surface area contributed by atoms with Gasteiger partial charge in [0.15, 0.2) is 5.78 Å². The van der Waals surface area contributed by atoms with Crippen LogP contribution in [0.2, 0.25) is 0 Å². The van der Waals surface area contributed by atoms with E-state index in [0.717, 1.165) is 38.3 Å². The Morgan fingerprint density at radius 3 is 2.36 bits per heavy atom. The molecule has 3 nitrogen and oxygen atoms in total. The molecule has 0 atom stereocenters. The third-order valence-electron chi connectivity index (χ3n) is 4.23. The minimum Gasteiger partial charge on any atom is -0.369 e. The average Bonchev–Trinajstić information content (AvgIpc) is 2.56. The molecule has 0 aliphatic carbocycles. The van der Waals surface area contributed by atoms with E-state index in [-0.39, 0.29) is 5.78 Å². The molecule has 0 unspecified atom stereocenters. The normalized spacial score (nSPS) is 15.8. The molecule has 1 heterocycles. The summed E-state index contributed by atoms with van der Waals surface area (Å²) in [6, 6.07) is 18.6. The number of nitrogens with zero attached hydrogens (tertiary/aromatic N) is 2. The average molecular weight is 294 g/mol. The van der Waals surface area contributed by atoms with Crippen molar-refractivity contribution in [3.05, 3.63) is 65.7 Å². The van der Waals surface area contributed by atoms with Gasteiger partial charge < -0.3 is 4.90 Å². The first-order valence-corrected chi connectivity index (χ1v) is 7.84. The first-order valence-electron chi connectivity index (χ1n) is 7.84. The van der Waals surface area contributed by atoms with Crippen molar-refractivity contribution < 1.29 is 4.79 Å². The van der Waals surface area contributed by atoms with E-state index in [1.807, 2.05) is 18.2 Å². The molecule has 22 heavy (non-hydrogen) atoms. The van der Waals surface area contributed by atoms with Gasteiger partial charge in [-0.05, 0) is 30.7 Å². The van der Waals surface area contributed by atoms with E-state index in [9.17, 15) is 4.79 Å². The maximum absolute atomic E-state index is 11.5. The Balaban J connectivity index is 1.58. The molecule has 3 heteroatoms. The molecule has 0 N–H and O–H groups in total. The predicted molar refractivity (Wildman–Crippen MR) is 90.4 cm³/mol. The third-order valence-corrected chi connectivity index (χ3v) is 4.23. The molecule has 0 amide bonds. The standard InChI is InChI=1S/C19H22N2O/c1-16(22)18-7-5-6-17(14-18)15-20-10-12-21(13-11-20)19-8-3-2-4-9-19/h2-9,14H,10-13,15H2,1H3. The smallest absolute Gasteiger partial charge is 0.159 e. The largest absolute Gasteiger partial charge is 0.369 e. The number of piperazine rings is 1. The fraction of sp³-hybridized carbons (Fsp3) is 0.316. The Kier molecular flexibility index (Phi) is 4.54. The number of Topliss-reactive ketones (excluding diaryl/α,β-unsaturated/α-hetero) is 1. The topological polar surface area (TPSA) is 23.6 Å². The van der Waals surface area contributed by atoms with E-state index in [1.165, 1.54) is 11.3 Å². The van der Waals surface area contributed by atoms with Crippen LogP contribution in [0, 0.1) is 0 Å². The van der Waals surface area contributed by atoms with E-state index in [2.05, 4.69) is 46.2 Å². The number of hydrogen-bond acceptors (Lipinski definition) is 3. The van der Waals surface area contributed by atoms with Crippen LogP contribution in [0.5, 0.6) is 0 Å². The maximum atomic E-state index is 11.5. The Hall–Kier alpha value is -2.13. The van der Waals surface area contributed by atoms with Crippen LogP contribution in [-0.4, -0.2) is 36.9 Å². The second-order valence-corrected chi connectivity index (χ2v) is 5.86. The van der Waals surface area contributed by atoms with Crippen molar-refractivity contribution in [1.29, 1.82) is 0 Å². The summed E-state index contributed by atoms with van der Waals surface area (Å²) < 4.78 is 0. The predicted octanol–water partition coefficient (Wildman–Crippen LogP) is 3.21. The van der Waals surface area contributed by atoms with Crippen molar-refractivity contribution >= 4 is 11.5 Å². The van der Waals surface area contributed by atoms with E-state index >= 15 is 0 Å². The van der Waals surface area contributed by atoms with Gasteiger partial charge in [-0.1, -0.05) is 36.4 Å². The van der Waals surface area contributed by atoms with E-state index in [0.29, 0.717) is 0 Å². The van der Waals surface area contributed by atoms with Gasteiger partial charge in [-0.2, -0.15) is 0 Å². The quantitative estimate of drug-likeness (QED) is 0.809. The van der Waals surface area contributed by atoms with Gasteiger partial charge in [0.2, 0.25) is 0 Å². The second kappa shape index (κ2) is 6.75. The van der Waals surface area contributed by atoms with E-state index < -0.39 is 0 Å². The van der Waals surface area contributed by atoms with Crippen LogP contribution in [0.4, 0.5) is 5.69 Å². The molecule has 1 saturated heterocycles. The van der Waals surface area contributed by atoms with Gasteiger partial charge in [0.25, 0.3) is 0 Å². The number of anilines is 1. The first kappa shape index (κ1) is 14.8. The summed E-state index contributed by atoms with van der Waals surface area (Å²) in [6.45, 7) is 6.76. The SMILES string of the molecule is CC(=O)c1cccc(CN2CCN(c3ccccc3)CC2)c1. The lowest BCUT2D eigenvalue weighted by molar-refractivity contribution is 0.101. The molecule has 1 aliphatic heterocycles. The Morgan fingerprint density at radius 2 is 1.68 bits per heavy atom. The van der Waals surface area contributed by atoms with Gasteiger partial charge in [-0.25, -0.2) is 0 Å². The number of carbonyl (C=O) groups is 1. The molecule has 0 aromatic heterocycles. The third kappa shape index (κ3) is 3.55. The summed E-state index contributed by atoms with van der Waals surface area (Å²) in [6.07, 6.45) is 0. The molecule has 114 valence electrons. The minimum absolute atomic E-state index is 0.135. The molecule has 2 aromatic rings. The highest BCUT2D eigenvalue weighted by Crippen LogP contribution is 2.17. The van der Waals surface area contributed by atoms with Crippen LogP contribution >= 0.6 is 0 Å². The monoisotopic (exact) mass is 294 g/mol. The Bertz CT molecular complexity index is 631. The van der Waals surface area contributed by atoms with E-state index in [1.54, 1.807) is 6.92 Å². The highest BCUT2D eigenvalue weighted by molar-refractivity contribution is 5.94. The summed E-state index contributed by atoms with van der Waals surface area (Å²) in [7, 11) is 0. The van der Waals surface area contributed by atoms with Crippen LogP contribution < -0.4 is 4.90 Å². The van der Waals surface area contributed by atoms with Gasteiger partial charge in [-0.3, -0.25) is 9.69 Å². The van der Waals surface area contributed by atoms with Crippen LogP contribution in [0.25, 0.3) is 0 Å². The van der Waals surface area contributed by atoms with Crippen LogP contribution in [0.1, 0.15) is 22.8 Å². The summed E-state index contributed by atoms with van der Waals surface area (Å²) in [5, 5.41) is 0.